The number of benzene rings is 1. The van der Waals surface area contributed by atoms with Crippen LogP contribution in [-0.2, 0) is 11.2 Å². The number of fused-ring (bicyclic) bond motifs is 2. The van der Waals surface area contributed by atoms with Gasteiger partial charge in [0, 0.05) is 35.6 Å². The number of hydrogen-bond donors (Lipinski definition) is 0. The zero-order chi connectivity index (χ0) is 15.5. The average molecular weight is 294 g/mol. The van der Waals surface area contributed by atoms with Gasteiger partial charge >= 0.3 is 0 Å². The fourth-order valence-corrected chi connectivity index (χ4v) is 2.60. The van der Waals surface area contributed by atoms with E-state index in [1.165, 1.54) is 6.92 Å². The summed E-state index contributed by atoms with van der Waals surface area (Å²) in [5, 5.41) is 3.54. The van der Waals surface area contributed by atoms with Gasteiger partial charge in [0.2, 0.25) is 5.88 Å². The molecular formula is C16H14N4O2. The lowest BCUT2D eigenvalue weighted by molar-refractivity contribution is -0.118. The van der Waals surface area contributed by atoms with E-state index in [1.54, 1.807) is 6.20 Å². The maximum atomic E-state index is 11.8. The number of rotatable bonds is 4. The summed E-state index contributed by atoms with van der Waals surface area (Å²) < 4.78 is 5.78. The zero-order valence-corrected chi connectivity index (χ0v) is 12.1. The molecule has 0 bridgehead atoms. The first kappa shape index (κ1) is 14.1. The zero-order valence-electron chi connectivity index (χ0n) is 12.1. The molecule has 0 amide bonds. The Kier molecular flexibility index (Phi) is 3.76. The Hall–Kier alpha value is -2.85. The van der Waals surface area contributed by atoms with Gasteiger partial charge in [-0.25, -0.2) is 4.98 Å². The van der Waals surface area contributed by atoms with Gasteiger partial charge in [0.15, 0.2) is 0 Å². The molecule has 22 heavy (non-hydrogen) atoms. The number of hydrogen-bond acceptors (Lipinski definition) is 4. The molecule has 1 aliphatic heterocycles. The van der Waals surface area contributed by atoms with Crippen molar-refractivity contribution >= 4 is 5.78 Å². The quantitative estimate of drug-likeness (QED) is 0.417. The van der Waals surface area contributed by atoms with Gasteiger partial charge < -0.3 is 4.74 Å². The molecule has 110 valence electrons. The third-order valence-corrected chi connectivity index (χ3v) is 3.74. The van der Waals surface area contributed by atoms with Crippen LogP contribution in [0.2, 0.25) is 0 Å². The summed E-state index contributed by atoms with van der Waals surface area (Å²) in [5.74, 6) is 0.934. The molecular weight excluding hydrogens is 280 g/mol. The molecule has 1 aliphatic rings. The first-order valence-corrected chi connectivity index (χ1v) is 6.95. The van der Waals surface area contributed by atoms with Crippen molar-refractivity contribution in [3.05, 3.63) is 63.7 Å². The highest BCUT2D eigenvalue weighted by molar-refractivity contribution is 5.83. The molecule has 0 fully saturated rings. The monoisotopic (exact) mass is 294 g/mol. The Balaban J connectivity index is 1.95. The third kappa shape index (κ3) is 2.64. The third-order valence-electron chi connectivity index (χ3n) is 3.74. The van der Waals surface area contributed by atoms with E-state index in [0.717, 1.165) is 22.4 Å². The van der Waals surface area contributed by atoms with E-state index >= 15 is 0 Å². The standard InChI is InChI=1S/C16H14N4O2/c1-10(21)14(9-19-20-17)11-4-5-15-13(7-11)8-12-3-2-6-18-16(12)22-15/h2-7,14H,8-9H2,1H3. The molecule has 6 heteroatoms. The van der Waals surface area contributed by atoms with Gasteiger partial charge in [-0.3, -0.25) is 4.79 Å². The summed E-state index contributed by atoms with van der Waals surface area (Å²) in [7, 11) is 0. The summed E-state index contributed by atoms with van der Waals surface area (Å²) in [6.07, 6.45) is 2.41. The molecule has 1 unspecified atom stereocenters. The van der Waals surface area contributed by atoms with E-state index in [-0.39, 0.29) is 12.3 Å². The first-order valence-electron chi connectivity index (χ1n) is 6.95. The molecule has 1 aromatic carbocycles. The van der Waals surface area contributed by atoms with Gasteiger partial charge in [-0.1, -0.05) is 23.3 Å². The number of ketones is 1. The molecule has 1 aromatic heterocycles. The average Bonchev–Trinajstić information content (AvgIpc) is 2.53. The van der Waals surface area contributed by atoms with Crippen LogP contribution < -0.4 is 4.74 Å². The number of azide groups is 1. The molecule has 2 heterocycles. The van der Waals surface area contributed by atoms with E-state index in [2.05, 4.69) is 15.0 Å². The van der Waals surface area contributed by atoms with Crippen LogP contribution in [0, 0.1) is 0 Å². The molecule has 2 aromatic rings. The van der Waals surface area contributed by atoms with Crippen molar-refractivity contribution in [1.29, 1.82) is 0 Å². The highest BCUT2D eigenvalue weighted by atomic mass is 16.5. The number of ether oxygens (including phenoxy) is 1. The maximum absolute atomic E-state index is 11.8. The highest BCUT2D eigenvalue weighted by Gasteiger charge is 2.21. The minimum atomic E-state index is -0.420. The van der Waals surface area contributed by atoms with Crippen LogP contribution in [0.15, 0.2) is 41.6 Å². The summed E-state index contributed by atoms with van der Waals surface area (Å²) in [6, 6.07) is 9.47. The van der Waals surface area contributed by atoms with Crippen molar-refractivity contribution in [3.8, 4) is 11.6 Å². The topological polar surface area (TPSA) is 88.0 Å². The molecule has 1 atom stereocenters. The number of nitrogens with zero attached hydrogens (tertiary/aromatic N) is 4. The van der Waals surface area contributed by atoms with Crippen LogP contribution in [0.4, 0.5) is 0 Å². The van der Waals surface area contributed by atoms with E-state index in [9.17, 15) is 4.79 Å². The van der Waals surface area contributed by atoms with Crippen molar-refractivity contribution in [1.82, 2.24) is 4.98 Å². The van der Waals surface area contributed by atoms with Crippen molar-refractivity contribution in [2.45, 2.75) is 19.3 Å². The highest BCUT2D eigenvalue weighted by Crippen LogP contribution is 2.36. The molecule has 0 aliphatic carbocycles. The summed E-state index contributed by atoms with van der Waals surface area (Å²) >= 11 is 0. The van der Waals surface area contributed by atoms with Gasteiger partial charge in [-0.2, -0.15) is 0 Å². The van der Waals surface area contributed by atoms with Gasteiger partial charge in [0.05, 0.1) is 0 Å². The SMILES string of the molecule is CC(=O)C(CN=[N+]=[N-])c1ccc2c(c1)Cc1cccnc1O2. The lowest BCUT2D eigenvalue weighted by atomic mass is 9.91. The van der Waals surface area contributed by atoms with Crippen LogP contribution in [0.5, 0.6) is 11.6 Å². The Bertz CT molecular complexity index is 781. The number of carbonyl (C=O) groups is 1. The predicted molar refractivity (Wildman–Crippen MR) is 81.0 cm³/mol. The molecule has 3 rings (SSSR count). The van der Waals surface area contributed by atoms with Gasteiger partial charge in [-0.15, -0.1) is 0 Å². The molecule has 6 nitrogen and oxygen atoms in total. The first-order chi connectivity index (χ1) is 10.7. The summed E-state index contributed by atoms with van der Waals surface area (Å²) in [6.45, 7) is 1.64. The number of pyridine rings is 1. The lowest BCUT2D eigenvalue weighted by Crippen LogP contribution is -2.13. The fraction of sp³-hybridized carbons (Fsp3) is 0.250. The van der Waals surface area contributed by atoms with E-state index in [4.69, 9.17) is 10.3 Å². The summed E-state index contributed by atoms with van der Waals surface area (Å²) in [5.41, 5.74) is 11.3. The van der Waals surface area contributed by atoms with Crippen LogP contribution >= 0.6 is 0 Å². The van der Waals surface area contributed by atoms with Crippen molar-refractivity contribution in [3.63, 3.8) is 0 Å². The van der Waals surface area contributed by atoms with Crippen LogP contribution in [-0.4, -0.2) is 17.3 Å². The van der Waals surface area contributed by atoms with Crippen molar-refractivity contribution in [2.75, 3.05) is 6.54 Å². The number of carbonyl (C=O) groups excluding carboxylic acids is 1. The van der Waals surface area contributed by atoms with Gasteiger partial charge in [0.1, 0.15) is 11.5 Å². The number of aromatic nitrogens is 1. The smallest absolute Gasteiger partial charge is 0.222 e. The van der Waals surface area contributed by atoms with Gasteiger partial charge in [-0.05, 0) is 35.7 Å². The Morgan fingerprint density at radius 2 is 2.32 bits per heavy atom. The normalized spacial score (nSPS) is 13.1. The Morgan fingerprint density at radius 1 is 1.45 bits per heavy atom. The molecule has 0 radical (unpaired) electrons. The van der Waals surface area contributed by atoms with E-state index in [1.807, 2.05) is 30.3 Å². The molecule has 0 saturated heterocycles. The largest absolute Gasteiger partial charge is 0.438 e. The van der Waals surface area contributed by atoms with Crippen LogP contribution in [0.25, 0.3) is 10.4 Å². The minimum absolute atomic E-state index is 0.0221. The van der Waals surface area contributed by atoms with Crippen LogP contribution in [0.1, 0.15) is 29.5 Å². The predicted octanol–water partition coefficient (Wildman–Crippen LogP) is 3.76. The van der Waals surface area contributed by atoms with E-state index < -0.39 is 5.92 Å². The summed E-state index contributed by atoms with van der Waals surface area (Å²) in [4.78, 5) is 18.7. The lowest BCUT2D eigenvalue weighted by Gasteiger charge is -2.21. The van der Waals surface area contributed by atoms with E-state index in [0.29, 0.717) is 12.3 Å². The second-order valence-corrected chi connectivity index (χ2v) is 5.19. The Labute approximate surface area is 127 Å². The molecule has 0 spiro atoms. The van der Waals surface area contributed by atoms with Gasteiger partial charge in [0.25, 0.3) is 0 Å². The maximum Gasteiger partial charge on any atom is 0.222 e. The second kappa shape index (κ2) is 5.87. The van der Waals surface area contributed by atoms with Crippen molar-refractivity contribution in [2.24, 2.45) is 5.11 Å². The van der Waals surface area contributed by atoms with Crippen molar-refractivity contribution < 1.29 is 9.53 Å². The second-order valence-electron chi connectivity index (χ2n) is 5.19. The minimum Gasteiger partial charge on any atom is -0.438 e. The molecule has 0 saturated carbocycles. The van der Waals surface area contributed by atoms with Crippen LogP contribution in [0.3, 0.4) is 0 Å². The molecule has 0 N–H and O–H groups in total. The number of Topliss-reactive ketones (excluding diaryl/α,β-unsaturated/α-hetero) is 1. The Morgan fingerprint density at radius 3 is 3.09 bits per heavy atom. The fourth-order valence-electron chi connectivity index (χ4n) is 2.60.